The molecule has 0 radical (unpaired) electrons. The molecule has 0 aliphatic rings. The molecule has 0 bridgehead atoms. The highest BCUT2D eigenvalue weighted by Crippen LogP contribution is 1.95. The maximum absolute atomic E-state index is 10.5. The Balaban J connectivity index is 3.90. The first kappa shape index (κ1) is 9.83. The molecular weight excluding hydrogens is 160 g/mol. The maximum Gasteiger partial charge on any atom is 0.269 e. The summed E-state index contributed by atoms with van der Waals surface area (Å²) in [6, 6.07) is 0. The van der Waals surface area contributed by atoms with Crippen molar-refractivity contribution in [1.29, 1.82) is 0 Å². The second-order valence-corrected chi connectivity index (χ2v) is 3.46. The summed E-state index contributed by atoms with van der Waals surface area (Å²) in [6.07, 6.45) is -1.63. The van der Waals surface area contributed by atoms with Crippen molar-refractivity contribution in [2.45, 2.75) is 13.2 Å². The largest absolute Gasteiger partial charge is 0.391 e. The molecule has 0 heterocycles. The molecule has 5 nitrogen and oxygen atoms in total. The quantitative estimate of drug-likeness (QED) is 0.403. The van der Waals surface area contributed by atoms with E-state index in [1.54, 1.807) is 0 Å². The Bertz CT molecular complexity index is 172. The van der Waals surface area contributed by atoms with Crippen LogP contribution in [0.4, 0.5) is 0 Å². The lowest BCUT2D eigenvalue weighted by Crippen LogP contribution is -2.22. The second-order valence-electron chi connectivity index (χ2n) is 1.58. The topological polar surface area (TPSA) is 83.8 Å². The third kappa shape index (κ3) is 3.78. The van der Waals surface area contributed by atoms with Crippen molar-refractivity contribution in [2.24, 2.45) is 0 Å². The number of hydrogen-bond donors (Lipinski definition) is 2. The van der Waals surface area contributed by atoms with Crippen molar-refractivity contribution < 1.29 is 22.8 Å². The number of aliphatic hydroxyl groups is 2. The van der Waals surface area contributed by atoms with Crippen LogP contribution in [0.3, 0.4) is 0 Å². The first-order valence-corrected chi connectivity index (χ1v) is 4.29. The van der Waals surface area contributed by atoms with Crippen molar-refractivity contribution >= 4 is 10.1 Å². The molecule has 6 heteroatoms. The molecule has 0 amide bonds. The van der Waals surface area contributed by atoms with Gasteiger partial charge in [0.15, 0.2) is 6.29 Å². The first-order chi connectivity index (χ1) is 4.52. The van der Waals surface area contributed by atoms with E-state index in [1.165, 1.54) is 6.92 Å². The standard InChI is InChI=1S/C4H10O5S/c1-2-10(7,8)9-4(6)3-5/h4-6H,2-3H2,1H3. The second kappa shape index (κ2) is 3.87. The molecule has 0 fully saturated rings. The van der Waals surface area contributed by atoms with Crippen molar-refractivity contribution in [3.8, 4) is 0 Å². The SMILES string of the molecule is CCS(=O)(=O)OC(O)CO. The van der Waals surface area contributed by atoms with Gasteiger partial charge in [-0.05, 0) is 6.92 Å². The molecule has 0 aromatic carbocycles. The van der Waals surface area contributed by atoms with Gasteiger partial charge < -0.3 is 10.2 Å². The minimum Gasteiger partial charge on any atom is -0.391 e. The van der Waals surface area contributed by atoms with Crippen molar-refractivity contribution in [3.05, 3.63) is 0 Å². The molecule has 0 aliphatic heterocycles. The van der Waals surface area contributed by atoms with Crippen LogP contribution in [0.25, 0.3) is 0 Å². The van der Waals surface area contributed by atoms with E-state index in [0.717, 1.165) is 0 Å². The molecule has 62 valence electrons. The molecule has 0 rings (SSSR count). The Morgan fingerprint density at radius 1 is 1.60 bits per heavy atom. The molecule has 0 spiro atoms. The zero-order valence-corrected chi connectivity index (χ0v) is 6.34. The van der Waals surface area contributed by atoms with Gasteiger partial charge in [0.25, 0.3) is 10.1 Å². The van der Waals surface area contributed by atoms with Crippen LogP contribution in [0.15, 0.2) is 0 Å². The average Bonchev–Trinajstić information content (AvgIpc) is 1.87. The molecule has 0 aliphatic carbocycles. The van der Waals surface area contributed by atoms with E-state index in [-0.39, 0.29) is 5.75 Å². The smallest absolute Gasteiger partial charge is 0.269 e. The summed E-state index contributed by atoms with van der Waals surface area (Å²) < 4.78 is 25.0. The lowest BCUT2D eigenvalue weighted by atomic mass is 10.7. The predicted molar refractivity (Wildman–Crippen MR) is 33.6 cm³/mol. The van der Waals surface area contributed by atoms with Crippen LogP contribution in [0.2, 0.25) is 0 Å². The number of hydrogen-bond acceptors (Lipinski definition) is 5. The van der Waals surface area contributed by atoms with E-state index in [2.05, 4.69) is 4.18 Å². The van der Waals surface area contributed by atoms with Gasteiger partial charge in [0.1, 0.15) is 0 Å². The van der Waals surface area contributed by atoms with Gasteiger partial charge in [0.2, 0.25) is 0 Å². The Kier molecular flexibility index (Phi) is 3.80. The molecule has 0 aromatic rings. The molecule has 1 atom stereocenters. The summed E-state index contributed by atoms with van der Waals surface area (Å²) in [5.41, 5.74) is 0. The molecule has 10 heavy (non-hydrogen) atoms. The molecule has 2 N–H and O–H groups in total. The Hall–Kier alpha value is -0.170. The summed E-state index contributed by atoms with van der Waals surface area (Å²) in [5.74, 6) is -0.218. The lowest BCUT2D eigenvalue weighted by molar-refractivity contribution is -0.0503. The Morgan fingerprint density at radius 2 is 2.10 bits per heavy atom. The van der Waals surface area contributed by atoms with E-state index < -0.39 is 23.0 Å². The Labute approximate surface area is 59.4 Å². The van der Waals surface area contributed by atoms with E-state index in [1.807, 2.05) is 0 Å². The van der Waals surface area contributed by atoms with Crippen LogP contribution in [0.1, 0.15) is 6.92 Å². The monoisotopic (exact) mass is 170 g/mol. The third-order valence-electron chi connectivity index (χ3n) is 0.767. The highest BCUT2D eigenvalue weighted by atomic mass is 32.2. The van der Waals surface area contributed by atoms with Gasteiger partial charge in [0.05, 0.1) is 12.4 Å². The van der Waals surface area contributed by atoms with Gasteiger partial charge in [-0.15, -0.1) is 0 Å². The number of rotatable bonds is 4. The fraction of sp³-hybridized carbons (Fsp3) is 1.00. The highest BCUT2D eigenvalue weighted by molar-refractivity contribution is 7.86. The zero-order chi connectivity index (χ0) is 8.20. The summed E-state index contributed by atoms with van der Waals surface area (Å²) >= 11 is 0. The van der Waals surface area contributed by atoms with Crippen LogP contribution >= 0.6 is 0 Å². The van der Waals surface area contributed by atoms with Gasteiger partial charge in [-0.2, -0.15) is 8.42 Å². The van der Waals surface area contributed by atoms with Crippen LogP contribution in [0, 0.1) is 0 Å². The normalized spacial score (nSPS) is 15.1. The van der Waals surface area contributed by atoms with Crippen LogP contribution < -0.4 is 0 Å². The van der Waals surface area contributed by atoms with Gasteiger partial charge >= 0.3 is 0 Å². The van der Waals surface area contributed by atoms with Gasteiger partial charge in [-0.1, -0.05) is 0 Å². The van der Waals surface area contributed by atoms with E-state index in [0.29, 0.717) is 0 Å². The Morgan fingerprint density at radius 3 is 2.40 bits per heavy atom. The number of aliphatic hydroxyl groups excluding tert-OH is 2. The van der Waals surface area contributed by atoms with Crippen LogP contribution in [-0.4, -0.2) is 37.3 Å². The van der Waals surface area contributed by atoms with Gasteiger partial charge in [-0.3, -0.25) is 0 Å². The van der Waals surface area contributed by atoms with Crippen molar-refractivity contribution in [1.82, 2.24) is 0 Å². The molecule has 0 saturated carbocycles. The minimum atomic E-state index is -3.64. The van der Waals surface area contributed by atoms with E-state index in [9.17, 15) is 8.42 Å². The first-order valence-electron chi connectivity index (χ1n) is 2.71. The van der Waals surface area contributed by atoms with Crippen molar-refractivity contribution in [2.75, 3.05) is 12.4 Å². The van der Waals surface area contributed by atoms with Crippen molar-refractivity contribution in [3.63, 3.8) is 0 Å². The predicted octanol–water partition coefficient (Wildman–Crippen LogP) is -1.34. The minimum absolute atomic E-state index is 0.218. The summed E-state index contributed by atoms with van der Waals surface area (Å²) in [5, 5.41) is 16.6. The molecule has 0 aromatic heterocycles. The summed E-state index contributed by atoms with van der Waals surface area (Å²) in [6.45, 7) is 0.651. The van der Waals surface area contributed by atoms with Crippen LogP contribution in [0.5, 0.6) is 0 Å². The van der Waals surface area contributed by atoms with E-state index in [4.69, 9.17) is 10.2 Å². The highest BCUT2D eigenvalue weighted by Gasteiger charge is 2.13. The lowest BCUT2D eigenvalue weighted by Gasteiger charge is -2.06. The summed E-state index contributed by atoms with van der Waals surface area (Å²) in [7, 11) is -3.64. The fourth-order valence-corrected chi connectivity index (χ4v) is 0.803. The maximum atomic E-state index is 10.5. The average molecular weight is 170 g/mol. The van der Waals surface area contributed by atoms with Gasteiger partial charge in [-0.25, -0.2) is 4.18 Å². The zero-order valence-electron chi connectivity index (χ0n) is 5.52. The fourth-order valence-electron chi connectivity index (χ4n) is 0.268. The van der Waals surface area contributed by atoms with E-state index >= 15 is 0 Å². The molecule has 0 saturated heterocycles. The van der Waals surface area contributed by atoms with Crippen LogP contribution in [-0.2, 0) is 14.3 Å². The third-order valence-corrected chi connectivity index (χ3v) is 1.99. The van der Waals surface area contributed by atoms with Gasteiger partial charge in [0, 0.05) is 0 Å². The molecule has 1 unspecified atom stereocenters. The summed E-state index contributed by atoms with van der Waals surface area (Å²) in [4.78, 5) is 0. The molecular formula is C4H10O5S.